The molecule has 5 rings (SSSR count). The Morgan fingerprint density at radius 2 is 1.28 bits per heavy atom. The molecule has 0 saturated carbocycles. The molecule has 208 valence electrons. The first-order chi connectivity index (χ1) is 18.8. The number of rotatable bonds is 9. The fourth-order valence-corrected chi connectivity index (χ4v) is 5.34. The van der Waals surface area contributed by atoms with E-state index in [0.717, 1.165) is 11.1 Å². The summed E-state index contributed by atoms with van der Waals surface area (Å²) in [5.41, 5.74) is 2.74. The van der Waals surface area contributed by atoms with Crippen LogP contribution in [-0.2, 0) is 4.74 Å². The summed E-state index contributed by atoms with van der Waals surface area (Å²) in [5, 5.41) is 10.9. The lowest BCUT2D eigenvalue weighted by Gasteiger charge is -2.23. The molecule has 0 bridgehead atoms. The van der Waals surface area contributed by atoms with Crippen LogP contribution in [0.25, 0.3) is 0 Å². The molecule has 2 heterocycles. The highest BCUT2D eigenvalue weighted by Crippen LogP contribution is 2.51. The summed E-state index contributed by atoms with van der Waals surface area (Å²) >= 11 is 0. The van der Waals surface area contributed by atoms with E-state index in [1.54, 1.807) is 33.5 Å². The first-order valence-corrected chi connectivity index (χ1v) is 13.1. The van der Waals surface area contributed by atoms with Gasteiger partial charge in [-0.05, 0) is 71.8 Å². The number of hydrogen-bond acceptors (Lipinski definition) is 8. The molecule has 3 aromatic rings. The summed E-state index contributed by atoms with van der Waals surface area (Å²) in [5.74, 6) is 4.31. The molecule has 0 spiro atoms. The second-order valence-electron chi connectivity index (χ2n) is 10.1. The zero-order chi connectivity index (χ0) is 27.7. The smallest absolute Gasteiger partial charge is 0.231 e. The molecule has 3 aromatic carbocycles. The third-order valence-electron chi connectivity index (χ3n) is 7.83. The first kappa shape index (κ1) is 27.0. The number of aliphatic hydroxyl groups is 1. The molecule has 2 aliphatic rings. The van der Waals surface area contributed by atoms with Gasteiger partial charge in [0.25, 0.3) is 0 Å². The Bertz CT molecular complexity index is 1310. The number of methoxy groups -OCH3 is 3. The molecule has 0 radical (unpaired) electrons. The molecular formula is C31H36O8. The summed E-state index contributed by atoms with van der Waals surface area (Å²) in [6.07, 6.45) is -1.63. The average molecular weight is 537 g/mol. The highest BCUT2D eigenvalue weighted by molar-refractivity contribution is 5.47. The van der Waals surface area contributed by atoms with Gasteiger partial charge in [-0.1, -0.05) is 32.0 Å². The maximum atomic E-state index is 10.9. The van der Waals surface area contributed by atoms with Gasteiger partial charge in [0.1, 0.15) is 12.2 Å². The summed E-state index contributed by atoms with van der Waals surface area (Å²) in [4.78, 5) is 0. The molecule has 8 heteroatoms. The van der Waals surface area contributed by atoms with Crippen molar-refractivity contribution in [2.75, 3.05) is 28.1 Å². The number of aliphatic hydroxyl groups excluding tert-OH is 1. The van der Waals surface area contributed by atoms with Gasteiger partial charge in [0.05, 0.1) is 33.5 Å². The van der Waals surface area contributed by atoms with Crippen molar-refractivity contribution in [1.29, 1.82) is 0 Å². The van der Waals surface area contributed by atoms with E-state index in [1.165, 1.54) is 0 Å². The van der Waals surface area contributed by atoms with Crippen LogP contribution in [0.15, 0.2) is 54.6 Å². The second kappa shape index (κ2) is 11.2. The Hall–Kier alpha value is -3.62. The second-order valence-corrected chi connectivity index (χ2v) is 10.1. The van der Waals surface area contributed by atoms with Crippen LogP contribution in [0, 0.1) is 11.8 Å². The summed E-state index contributed by atoms with van der Waals surface area (Å²) < 4.78 is 40.2. The van der Waals surface area contributed by atoms with E-state index in [2.05, 4.69) is 13.8 Å². The van der Waals surface area contributed by atoms with E-state index >= 15 is 0 Å². The SMILES string of the molecule is COc1ccc([C@H]2O[C@H](c3ccc(O[C@@H](C)[C@H](O)c4ccc5c(c4)OCO5)c(OC)c3)[C@@H](C)[C@@H]2C)cc1OC. The highest BCUT2D eigenvalue weighted by Gasteiger charge is 2.41. The van der Waals surface area contributed by atoms with Gasteiger partial charge in [0.2, 0.25) is 6.79 Å². The van der Waals surface area contributed by atoms with Crippen molar-refractivity contribution in [1.82, 2.24) is 0 Å². The Labute approximate surface area is 229 Å². The van der Waals surface area contributed by atoms with Gasteiger partial charge >= 0.3 is 0 Å². The van der Waals surface area contributed by atoms with Crippen LogP contribution in [0.1, 0.15) is 55.8 Å². The van der Waals surface area contributed by atoms with Crippen LogP contribution >= 0.6 is 0 Å². The molecule has 0 aromatic heterocycles. The Kier molecular flexibility index (Phi) is 7.77. The Morgan fingerprint density at radius 1 is 0.718 bits per heavy atom. The van der Waals surface area contributed by atoms with Gasteiger partial charge in [-0.15, -0.1) is 0 Å². The van der Waals surface area contributed by atoms with E-state index < -0.39 is 12.2 Å². The van der Waals surface area contributed by atoms with Crippen LogP contribution in [0.5, 0.6) is 34.5 Å². The quantitative estimate of drug-likeness (QED) is 0.355. The van der Waals surface area contributed by atoms with Crippen LogP contribution in [-0.4, -0.2) is 39.3 Å². The van der Waals surface area contributed by atoms with Crippen LogP contribution in [0.3, 0.4) is 0 Å². The van der Waals surface area contributed by atoms with E-state index in [1.807, 2.05) is 49.4 Å². The maximum Gasteiger partial charge on any atom is 0.231 e. The standard InChI is InChI=1S/C31H36O8/c1-17-18(2)31(39-30(17)21-8-10-23(33-4)26(14-21)34-5)22-9-12-25(27(15-22)35-6)38-19(3)29(32)20-7-11-24-28(13-20)37-16-36-24/h7-15,17-19,29-32H,16H2,1-6H3/t17-,18-,19-,29-,30-,31-/m0/s1. The Balaban J connectivity index is 1.32. The number of benzene rings is 3. The predicted molar refractivity (Wildman–Crippen MR) is 145 cm³/mol. The van der Waals surface area contributed by atoms with Gasteiger partial charge in [0, 0.05) is 0 Å². The van der Waals surface area contributed by atoms with Gasteiger partial charge in [-0.3, -0.25) is 0 Å². The summed E-state index contributed by atoms with van der Waals surface area (Å²) in [6, 6.07) is 17.2. The van der Waals surface area contributed by atoms with Gasteiger partial charge in [0.15, 0.2) is 34.5 Å². The van der Waals surface area contributed by atoms with Crippen molar-refractivity contribution < 1.29 is 38.3 Å². The van der Waals surface area contributed by atoms with Crippen molar-refractivity contribution in [2.45, 2.75) is 45.2 Å². The minimum Gasteiger partial charge on any atom is -0.493 e. The summed E-state index contributed by atoms with van der Waals surface area (Å²) in [6.45, 7) is 6.42. The molecule has 0 unspecified atom stereocenters. The molecule has 6 atom stereocenters. The lowest BCUT2D eigenvalue weighted by molar-refractivity contribution is 0.0284. The maximum absolute atomic E-state index is 10.9. The molecule has 39 heavy (non-hydrogen) atoms. The predicted octanol–water partition coefficient (Wildman–Crippen LogP) is 6.03. The fraction of sp³-hybridized carbons (Fsp3) is 0.419. The lowest BCUT2D eigenvalue weighted by atomic mass is 9.85. The normalized spacial score (nSPS) is 23.3. The van der Waals surface area contributed by atoms with Crippen molar-refractivity contribution in [3.63, 3.8) is 0 Å². The first-order valence-electron chi connectivity index (χ1n) is 13.1. The van der Waals surface area contributed by atoms with Crippen molar-refractivity contribution >= 4 is 0 Å². The molecule has 0 aliphatic carbocycles. The zero-order valence-electron chi connectivity index (χ0n) is 23.2. The molecule has 2 aliphatic heterocycles. The lowest BCUT2D eigenvalue weighted by Crippen LogP contribution is -2.22. The monoisotopic (exact) mass is 536 g/mol. The minimum atomic E-state index is -0.870. The van der Waals surface area contributed by atoms with E-state index in [-0.39, 0.29) is 30.8 Å². The van der Waals surface area contributed by atoms with Crippen molar-refractivity contribution in [3.05, 3.63) is 71.3 Å². The third kappa shape index (κ3) is 5.18. The van der Waals surface area contributed by atoms with Gasteiger partial charge in [-0.2, -0.15) is 0 Å². The molecule has 1 N–H and O–H groups in total. The fourth-order valence-electron chi connectivity index (χ4n) is 5.34. The van der Waals surface area contributed by atoms with Crippen LogP contribution < -0.4 is 28.4 Å². The van der Waals surface area contributed by atoms with Gasteiger partial charge in [-0.25, -0.2) is 0 Å². The summed E-state index contributed by atoms with van der Waals surface area (Å²) in [7, 11) is 4.87. The molecule has 0 amide bonds. The van der Waals surface area contributed by atoms with Crippen molar-refractivity contribution in [2.24, 2.45) is 11.8 Å². The van der Waals surface area contributed by atoms with E-state index in [4.69, 9.17) is 33.2 Å². The Morgan fingerprint density at radius 3 is 1.90 bits per heavy atom. The van der Waals surface area contributed by atoms with Crippen LogP contribution in [0.4, 0.5) is 0 Å². The minimum absolute atomic E-state index is 0.0939. The van der Waals surface area contributed by atoms with Crippen molar-refractivity contribution in [3.8, 4) is 34.5 Å². The molecular weight excluding hydrogens is 500 g/mol. The van der Waals surface area contributed by atoms with E-state index in [0.29, 0.717) is 40.1 Å². The molecule has 1 fully saturated rings. The topological polar surface area (TPSA) is 84.8 Å². The largest absolute Gasteiger partial charge is 0.493 e. The third-order valence-corrected chi connectivity index (χ3v) is 7.83. The molecule has 8 nitrogen and oxygen atoms in total. The molecule has 1 saturated heterocycles. The van der Waals surface area contributed by atoms with E-state index in [9.17, 15) is 5.11 Å². The highest BCUT2D eigenvalue weighted by atomic mass is 16.7. The number of ether oxygens (including phenoxy) is 7. The number of hydrogen-bond donors (Lipinski definition) is 1. The van der Waals surface area contributed by atoms with Gasteiger partial charge < -0.3 is 38.3 Å². The number of fused-ring (bicyclic) bond motifs is 1. The average Bonchev–Trinajstić information content (AvgIpc) is 3.56. The van der Waals surface area contributed by atoms with Crippen LogP contribution in [0.2, 0.25) is 0 Å². The zero-order valence-corrected chi connectivity index (χ0v) is 23.2.